The van der Waals surface area contributed by atoms with Crippen LogP contribution >= 0.6 is 0 Å². The second-order valence-electron chi connectivity index (χ2n) is 5.69. The van der Waals surface area contributed by atoms with Gasteiger partial charge >= 0.3 is 12.2 Å². The van der Waals surface area contributed by atoms with E-state index in [0.717, 1.165) is 11.0 Å². The van der Waals surface area contributed by atoms with Crippen LogP contribution in [0.1, 0.15) is 12.0 Å². The maximum absolute atomic E-state index is 13.5. The molecule has 0 aliphatic carbocycles. The molecule has 130 valence electrons. The molecule has 6 nitrogen and oxygen atoms in total. The largest absolute Gasteiger partial charge is 0.418 e. The molecular formula is C15H17F3N4O2. The molecule has 1 aromatic carbocycles. The highest BCUT2D eigenvalue weighted by molar-refractivity contribution is 6.05. The van der Waals surface area contributed by atoms with Crippen molar-refractivity contribution in [2.45, 2.75) is 12.6 Å². The Balaban J connectivity index is 1.95. The van der Waals surface area contributed by atoms with Gasteiger partial charge in [-0.05, 0) is 18.2 Å². The van der Waals surface area contributed by atoms with E-state index < -0.39 is 23.7 Å². The molecule has 2 fully saturated rings. The number of urea groups is 1. The molecule has 3 amide bonds. The summed E-state index contributed by atoms with van der Waals surface area (Å²) in [5, 5.41) is 5.21. The monoisotopic (exact) mass is 342 g/mol. The van der Waals surface area contributed by atoms with Gasteiger partial charge < -0.3 is 10.2 Å². The number of amides is 3. The van der Waals surface area contributed by atoms with Crippen molar-refractivity contribution in [3.63, 3.8) is 0 Å². The maximum Gasteiger partial charge on any atom is 0.418 e. The Morgan fingerprint density at radius 2 is 1.75 bits per heavy atom. The Labute approximate surface area is 136 Å². The van der Waals surface area contributed by atoms with Gasteiger partial charge in [0.1, 0.15) is 0 Å². The minimum Gasteiger partial charge on any atom is -0.368 e. The number of nitrogens with zero attached hydrogens (tertiary/aromatic N) is 2. The maximum atomic E-state index is 13.5. The SMILES string of the molecule is O=C1CCN(c2ccc(N3CCNCC3)c(C(F)(F)F)c2)C(=O)N1. The lowest BCUT2D eigenvalue weighted by Gasteiger charge is -2.33. The Hall–Kier alpha value is -2.29. The molecule has 2 N–H and O–H groups in total. The lowest BCUT2D eigenvalue weighted by atomic mass is 10.1. The Kier molecular flexibility index (Phi) is 4.35. The minimum absolute atomic E-state index is 0.0621. The number of imide groups is 1. The summed E-state index contributed by atoms with van der Waals surface area (Å²) in [7, 11) is 0. The number of alkyl halides is 3. The first-order chi connectivity index (χ1) is 11.4. The van der Waals surface area contributed by atoms with E-state index in [2.05, 4.69) is 10.6 Å². The van der Waals surface area contributed by atoms with E-state index in [-0.39, 0.29) is 24.3 Å². The molecule has 0 aromatic heterocycles. The van der Waals surface area contributed by atoms with Crippen LogP contribution in [-0.2, 0) is 11.0 Å². The number of hydrogen-bond donors (Lipinski definition) is 2. The first-order valence-electron chi connectivity index (χ1n) is 7.64. The molecule has 0 saturated carbocycles. The first-order valence-corrected chi connectivity index (χ1v) is 7.64. The van der Waals surface area contributed by atoms with Crippen LogP contribution in [0.25, 0.3) is 0 Å². The van der Waals surface area contributed by atoms with E-state index in [0.29, 0.717) is 26.2 Å². The third kappa shape index (κ3) is 3.30. The van der Waals surface area contributed by atoms with Gasteiger partial charge in [-0.1, -0.05) is 0 Å². The van der Waals surface area contributed by atoms with Crippen molar-refractivity contribution in [3.05, 3.63) is 23.8 Å². The molecule has 2 aliphatic rings. The third-order valence-corrected chi connectivity index (χ3v) is 4.11. The molecule has 3 rings (SSSR count). The van der Waals surface area contributed by atoms with Crippen LogP contribution in [0.5, 0.6) is 0 Å². The summed E-state index contributed by atoms with van der Waals surface area (Å²) in [4.78, 5) is 25.9. The molecule has 2 aliphatic heterocycles. The Bertz CT molecular complexity index is 657. The van der Waals surface area contributed by atoms with Crippen LogP contribution in [0.2, 0.25) is 0 Å². The molecule has 2 heterocycles. The molecular weight excluding hydrogens is 325 g/mol. The number of piperazine rings is 1. The normalized spacial score (nSPS) is 19.5. The number of rotatable bonds is 2. The Morgan fingerprint density at radius 1 is 1.04 bits per heavy atom. The van der Waals surface area contributed by atoms with Crippen LogP contribution in [0.3, 0.4) is 0 Å². The zero-order chi connectivity index (χ0) is 17.3. The van der Waals surface area contributed by atoms with Gasteiger partial charge in [0.05, 0.1) is 5.56 Å². The summed E-state index contributed by atoms with van der Waals surface area (Å²) in [6.07, 6.45) is -4.47. The smallest absolute Gasteiger partial charge is 0.368 e. The van der Waals surface area contributed by atoms with Gasteiger partial charge in [-0.3, -0.25) is 15.0 Å². The minimum atomic E-state index is -4.53. The number of nitrogens with one attached hydrogen (secondary N) is 2. The highest BCUT2D eigenvalue weighted by Gasteiger charge is 2.36. The Morgan fingerprint density at radius 3 is 2.38 bits per heavy atom. The molecule has 0 atom stereocenters. The van der Waals surface area contributed by atoms with Crippen molar-refractivity contribution < 1.29 is 22.8 Å². The first kappa shape index (κ1) is 16.6. The van der Waals surface area contributed by atoms with Crippen molar-refractivity contribution in [1.82, 2.24) is 10.6 Å². The number of carbonyl (C=O) groups excluding carboxylic acids is 2. The van der Waals surface area contributed by atoms with Crippen molar-refractivity contribution in [1.29, 1.82) is 0 Å². The number of carbonyl (C=O) groups is 2. The van der Waals surface area contributed by atoms with Crippen molar-refractivity contribution in [3.8, 4) is 0 Å². The van der Waals surface area contributed by atoms with Crippen LogP contribution in [0.15, 0.2) is 18.2 Å². The summed E-state index contributed by atoms with van der Waals surface area (Å²) in [5.74, 6) is -0.426. The quantitative estimate of drug-likeness (QED) is 0.856. The van der Waals surface area contributed by atoms with Crippen molar-refractivity contribution in [2.75, 3.05) is 42.5 Å². The van der Waals surface area contributed by atoms with Gasteiger partial charge in [-0.15, -0.1) is 0 Å². The fourth-order valence-electron chi connectivity index (χ4n) is 2.91. The fraction of sp³-hybridized carbons (Fsp3) is 0.467. The van der Waals surface area contributed by atoms with Crippen molar-refractivity contribution >= 4 is 23.3 Å². The molecule has 0 unspecified atom stereocenters. The molecule has 0 bridgehead atoms. The predicted molar refractivity (Wildman–Crippen MR) is 82.0 cm³/mol. The van der Waals surface area contributed by atoms with Gasteiger partial charge in [-0.25, -0.2) is 4.79 Å². The van der Waals surface area contributed by atoms with Crippen LogP contribution in [-0.4, -0.2) is 44.7 Å². The van der Waals surface area contributed by atoms with Crippen LogP contribution in [0.4, 0.5) is 29.3 Å². The number of hydrogen-bond acceptors (Lipinski definition) is 4. The van der Waals surface area contributed by atoms with Gasteiger partial charge in [0.2, 0.25) is 5.91 Å². The predicted octanol–water partition coefficient (Wildman–Crippen LogP) is 1.56. The van der Waals surface area contributed by atoms with Gasteiger partial charge in [0, 0.05) is 50.5 Å². The molecule has 24 heavy (non-hydrogen) atoms. The molecule has 0 radical (unpaired) electrons. The van der Waals surface area contributed by atoms with Gasteiger partial charge in [0.25, 0.3) is 0 Å². The lowest BCUT2D eigenvalue weighted by molar-refractivity contribution is -0.137. The van der Waals surface area contributed by atoms with E-state index in [1.165, 1.54) is 12.1 Å². The standard InChI is InChI=1S/C15H17F3N4O2/c16-15(17,18)11-9-10(22-6-3-13(23)20-14(22)24)1-2-12(11)21-7-4-19-5-8-21/h1-2,9,19H,3-8H2,(H,20,23,24). The summed E-state index contributed by atoms with van der Waals surface area (Å²) < 4.78 is 40.5. The fourth-order valence-corrected chi connectivity index (χ4v) is 2.91. The average molecular weight is 342 g/mol. The summed E-state index contributed by atoms with van der Waals surface area (Å²) in [6, 6.07) is 3.16. The van der Waals surface area contributed by atoms with E-state index in [1.807, 2.05) is 0 Å². The highest BCUT2D eigenvalue weighted by Crippen LogP contribution is 2.39. The summed E-state index contributed by atoms with van der Waals surface area (Å²) in [5.41, 5.74) is -0.529. The zero-order valence-corrected chi connectivity index (χ0v) is 12.8. The topological polar surface area (TPSA) is 64.7 Å². The second kappa shape index (κ2) is 6.31. The average Bonchev–Trinajstić information content (AvgIpc) is 2.54. The lowest BCUT2D eigenvalue weighted by Crippen LogP contribution is -2.49. The number of halogens is 3. The zero-order valence-electron chi connectivity index (χ0n) is 12.8. The van der Waals surface area contributed by atoms with Crippen molar-refractivity contribution in [2.24, 2.45) is 0 Å². The van der Waals surface area contributed by atoms with E-state index in [9.17, 15) is 22.8 Å². The van der Waals surface area contributed by atoms with Gasteiger partial charge in [-0.2, -0.15) is 13.2 Å². The van der Waals surface area contributed by atoms with Crippen LogP contribution in [0, 0.1) is 0 Å². The molecule has 0 spiro atoms. The summed E-state index contributed by atoms with van der Waals surface area (Å²) >= 11 is 0. The number of anilines is 2. The van der Waals surface area contributed by atoms with Crippen LogP contribution < -0.4 is 20.4 Å². The summed E-state index contributed by atoms with van der Waals surface area (Å²) in [6.45, 7) is 2.28. The third-order valence-electron chi connectivity index (χ3n) is 4.11. The molecule has 1 aromatic rings. The van der Waals surface area contributed by atoms with E-state index >= 15 is 0 Å². The molecule has 9 heteroatoms. The van der Waals surface area contributed by atoms with E-state index in [4.69, 9.17) is 0 Å². The van der Waals surface area contributed by atoms with E-state index in [1.54, 1.807) is 4.90 Å². The molecule has 2 saturated heterocycles. The number of benzene rings is 1. The van der Waals surface area contributed by atoms with Gasteiger partial charge in [0.15, 0.2) is 0 Å². The second-order valence-corrected chi connectivity index (χ2v) is 5.69. The highest BCUT2D eigenvalue weighted by atomic mass is 19.4.